The predicted octanol–water partition coefficient (Wildman–Crippen LogP) is 3.33. The Kier molecular flexibility index (Phi) is 6.03. The maximum absolute atomic E-state index is 11.9. The van der Waals surface area contributed by atoms with Crippen LogP contribution in [0.5, 0.6) is 0 Å². The van der Waals surface area contributed by atoms with Crippen LogP contribution in [0.25, 0.3) is 11.4 Å². The minimum Gasteiger partial charge on any atom is -0.346 e. The highest BCUT2D eigenvalue weighted by molar-refractivity contribution is 7.99. The highest BCUT2D eigenvalue weighted by Crippen LogP contribution is 2.16. The number of nitrogens with one attached hydrogen (secondary N) is 1. The van der Waals surface area contributed by atoms with Crippen LogP contribution < -0.4 is 5.32 Å². The third kappa shape index (κ3) is 5.30. The summed E-state index contributed by atoms with van der Waals surface area (Å²) in [6, 6.07) is 11.2. The molecule has 1 N–H and O–H groups in total. The van der Waals surface area contributed by atoms with Gasteiger partial charge in [-0.2, -0.15) is 4.98 Å². The van der Waals surface area contributed by atoms with Gasteiger partial charge in [0.15, 0.2) is 0 Å². The zero-order valence-corrected chi connectivity index (χ0v) is 14.8. The van der Waals surface area contributed by atoms with Crippen molar-refractivity contribution in [3.05, 3.63) is 65.3 Å². The molecule has 25 heavy (non-hydrogen) atoms. The number of hydrogen-bond acceptors (Lipinski definition) is 6. The Hall–Kier alpha value is -2.38. The van der Waals surface area contributed by atoms with E-state index in [9.17, 15) is 4.79 Å². The topological polar surface area (TPSA) is 80.9 Å². The van der Waals surface area contributed by atoms with Gasteiger partial charge in [-0.25, -0.2) is 0 Å². The van der Waals surface area contributed by atoms with Gasteiger partial charge in [-0.05, 0) is 29.8 Å². The first kappa shape index (κ1) is 17.4. The van der Waals surface area contributed by atoms with Gasteiger partial charge >= 0.3 is 0 Å². The molecule has 0 radical (unpaired) electrons. The summed E-state index contributed by atoms with van der Waals surface area (Å²) < 4.78 is 5.14. The Balaban J connectivity index is 1.43. The van der Waals surface area contributed by atoms with Gasteiger partial charge in [0.1, 0.15) is 0 Å². The Morgan fingerprint density at radius 2 is 2.08 bits per heavy atom. The third-order valence-corrected chi connectivity index (χ3v) is 4.47. The van der Waals surface area contributed by atoms with E-state index in [1.807, 2.05) is 24.3 Å². The van der Waals surface area contributed by atoms with Gasteiger partial charge in [0.25, 0.3) is 0 Å². The third-order valence-electron chi connectivity index (χ3n) is 3.23. The average Bonchev–Trinajstić information content (AvgIpc) is 3.10. The molecule has 0 aliphatic rings. The molecule has 1 aromatic carbocycles. The van der Waals surface area contributed by atoms with Crippen molar-refractivity contribution in [2.24, 2.45) is 0 Å². The second-order valence-electron chi connectivity index (χ2n) is 5.15. The summed E-state index contributed by atoms with van der Waals surface area (Å²) in [6.07, 6.45) is 3.31. The molecule has 3 rings (SSSR count). The molecule has 0 aliphatic carbocycles. The lowest BCUT2D eigenvalue weighted by Crippen LogP contribution is -2.24. The molecule has 0 atom stereocenters. The summed E-state index contributed by atoms with van der Waals surface area (Å²) in [5, 5.41) is 7.36. The second kappa shape index (κ2) is 8.64. The largest absolute Gasteiger partial charge is 0.346 e. The Labute approximate surface area is 154 Å². The van der Waals surface area contributed by atoms with Crippen LogP contribution in [0, 0.1) is 0 Å². The van der Waals surface area contributed by atoms with Crippen LogP contribution in [0.2, 0.25) is 5.02 Å². The van der Waals surface area contributed by atoms with E-state index in [1.54, 1.807) is 24.5 Å². The van der Waals surface area contributed by atoms with E-state index in [0.29, 0.717) is 22.5 Å². The molecule has 0 bridgehead atoms. The maximum atomic E-state index is 11.9. The Morgan fingerprint density at radius 1 is 1.24 bits per heavy atom. The molecule has 8 heteroatoms. The molecule has 0 aliphatic heterocycles. The molecule has 0 saturated heterocycles. The SMILES string of the molecule is O=C(CSCc1cccc(Cl)c1)NCc1nc(-c2ccncc2)no1. The number of pyridine rings is 1. The monoisotopic (exact) mass is 374 g/mol. The van der Waals surface area contributed by atoms with Crippen LogP contribution >= 0.6 is 23.4 Å². The molecular formula is C17H15ClN4O2S. The molecule has 0 unspecified atom stereocenters. The number of carbonyl (C=O) groups excluding carboxylic acids is 1. The molecule has 1 amide bonds. The summed E-state index contributed by atoms with van der Waals surface area (Å²) in [5.74, 6) is 1.82. The van der Waals surface area contributed by atoms with Gasteiger partial charge < -0.3 is 9.84 Å². The lowest BCUT2D eigenvalue weighted by atomic mass is 10.2. The highest BCUT2D eigenvalue weighted by Gasteiger charge is 2.10. The first-order valence-corrected chi connectivity index (χ1v) is 9.06. The summed E-state index contributed by atoms with van der Waals surface area (Å²) in [7, 11) is 0. The van der Waals surface area contributed by atoms with Crippen molar-refractivity contribution >= 4 is 29.3 Å². The quantitative estimate of drug-likeness (QED) is 0.683. The fourth-order valence-corrected chi connectivity index (χ4v) is 3.08. The predicted molar refractivity (Wildman–Crippen MR) is 97.0 cm³/mol. The maximum Gasteiger partial charge on any atom is 0.246 e. The average molecular weight is 375 g/mol. The second-order valence-corrected chi connectivity index (χ2v) is 6.57. The molecule has 2 heterocycles. The minimum atomic E-state index is -0.0873. The summed E-state index contributed by atoms with van der Waals surface area (Å²) in [5.41, 5.74) is 1.90. The molecular weight excluding hydrogens is 360 g/mol. The zero-order valence-electron chi connectivity index (χ0n) is 13.2. The number of hydrogen-bond donors (Lipinski definition) is 1. The van der Waals surface area contributed by atoms with Crippen LogP contribution in [-0.2, 0) is 17.1 Å². The number of rotatable bonds is 7. The van der Waals surface area contributed by atoms with E-state index in [-0.39, 0.29) is 12.5 Å². The number of thioether (sulfide) groups is 1. The van der Waals surface area contributed by atoms with Crippen LogP contribution in [0.1, 0.15) is 11.5 Å². The fraction of sp³-hybridized carbons (Fsp3) is 0.176. The van der Waals surface area contributed by atoms with Gasteiger partial charge in [0.2, 0.25) is 17.6 Å². The molecule has 128 valence electrons. The lowest BCUT2D eigenvalue weighted by molar-refractivity contribution is -0.118. The van der Waals surface area contributed by atoms with E-state index in [2.05, 4.69) is 20.4 Å². The molecule has 2 aromatic heterocycles. The number of nitrogens with zero attached hydrogens (tertiary/aromatic N) is 3. The van der Waals surface area contributed by atoms with Crippen LogP contribution in [0.4, 0.5) is 0 Å². The zero-order chi connectivity index (χ0) is 17.5. The summed E-state index contributed by atoms with van der Waals surface area (Å²) >= 11 is 7.45. The molecule has 3 aromatic rings. The van der Waals surface area contributed by atoms with E-state index < -0.39 is 0 Å². The van der Waals surface area contributed by atoms with Gasteiger partial charge in [-0.15, -0.1) is 11.8 Å². The van der Waals surface area contributed by atoms with Crippen molar-refractivity contribution in [2.45, 2.75) is 12.3 Å². The van der Waals surface area contributed by atoms with Gasteiger partial charge in [-0.1, -0.05) is 28.9 Å². The highest BCUT2D eigenvalue weighted by atomic mass is 35.5. The first-order valence-electron chi connectivity index (χ1n) is 7.52. The van der Waals surface area contributed by atoms with E-state index >= 15 is 0 Å². The number of aromatic nitrogens is 3. The Morgan fingerprint density at radius 3 is 2.88 bits per heavy atom. The summed E-state index contributed by atoms with van der Waals surface area (Å²) in [6.45, 7) is 0.203. The fourth-order valence-electron chi connectivity index (χ4n) is 2.06. The van der Waals surface area contributed by atoms with Gasteiger partial charge in [0.05, 0.1) is 12.3 Å². The molecule has 6 nitrogen and oxygen atoms in total. The molecule has 0 fully saturated rings. The number of carbonyl (C=O) groups is 1. The lowest BCUT2D eigenvalue weighted by Gasteiger charge is -2.03. The van der Waals surface area contributed by atoms with Crippen molar-refractivity contribution in [3.63, 3.8) is 0 Å². The summed E-state index contributed by atoms with van der Waals surface area (Å²) in [4.78, 5) is 20.1. The Bertz CT molecular complexity index is 841. The van der Waals surface area contributed by atoms with Crippen molar-refractivity contribution in [2.75, 3.05) is 5.75 Å². The molecule has 0 saturated carbocycles. The van der Waals surface area contributed by atoms with Crippen molar-refractivity contribution in [1.29, 1.82) is 0 Å². The standard InChI is InChI=1S/C17H15ClN4O2S/c18-14-3-1-2-12(8-14)10-25-11-15(23)20-9-16-21-17(22-24-16)13-4-6-19-7-5-13/h1-8H,9-11H2,(H,20,23). The van der Waals surface area contributed by atoms with Crippen molar-refractivity contribution < 1.29 is 9.32 Å². The van der Waals surface area contributed by atoms with Crippen LogP contribution in [0.15, 0.2) is 53.3 Å². The first-order chi connectivity index (χ1) is 12.2. The van der Waals surface area contributed by atoms with E-state index in [0.717, 1.165) is 16.9 Å². The minimum absolute atomic E-state index is 0.0873. The molecule has 0 spiro atoms. The van der Waals surface area contributed by atoms with E-state index in [4.69, 9.17) is 16.1 Å². The number of halogens is 1. The van der Waals surface area contributed by atoms with Gasteiger partial charge in [0, 0.05) is 28.7 Å². The smallest absolute Gasteiger partial charge is 0.246 e. The van der Waals surface area contributed by atoms with Crippen LogP contribution in [0.3, 0.4) is 0 Å². The van der Waals surface area contributed by atoms with E-state index in [1.165, 1.54) is 11.8 Å². The van der Waals surface area contributed by atoms with Crippen molar-refractivity contribution in [1.82, 2.24) is 20.4 Å². The van der Waals surface area contributed by atoms with Gasteiger partial charge in [-0.3, -0.25) is 9.78 Å². The number of amides is 1. The normalized spacial score (nSPS) is 10.6. The number of benzene rings is 1. The van der Waals surface area contributed by atoms with Crippen molar-refractivity contribution in [3.8, 4) is 11.4 Å². The van der Waals surface area contributed by atoms with Crippen LogP contribution in [-0.4, -0.2) is 26.8 Å².